The molecule has 0 aromatic heterocycles. The van der Waals surface area contributed by atoms with Crippen molar-refractivity contribution in [1.29, 1.82) is 0 Å². The van der Waals surface area contributed by atoms with Crippen molar-refractivity contribution in [1.82, 2.24) is 0 Å². The lowest BCUT2D eigenvalue weighted by molar-refractivity contribution is 0.192. The maximum Gasteiger partial charge on any atom is 0.194 e. The van der Waals surface area contributed by atoms with Crippen LogP contribution in [0.15, 0.2) is 12.1 Å². The molecule has 0 nitrogen and oxygen atoms in total. The third-order valence-electron chi connectivity index (χ3n) is 6.34. The van der Waals surface area contributed by atoms with Crippen LogP contribution in [0.1, 0.15) is 69.4 Å². The highest BCUT2D eigenvalue weighted by Gasteiger charge is 2.29. The van der Waals surface area contributed by atoms with Crippen molar-refractivity contribution >= 4 is 5.57 Å². The molecular weight excluding hydrogens is 309 g/mol. The predicted octanol–water partition coefficient (Wildman–Crippen LogP) is 6.81. The molecule has 3 heteroatoms. The first-order chi connectivity index (χ1) is 11.5. The Bertz CT molecular complexity index is 624. The number of halogens is 3. The second-order valence-electron chi connectivity index (χ2n) is 7.61. The van der Waals surface area contributed by atoms with Crippen LogP contribution < -0.4 is 0 Å². The van der Waals surface area contributed by atoms with E-state index in [-0.39, 0.29) is 5.56 Å². The molecule has 1 saturated carbocycles. The zero-order valence-corrected chi connectivity index (χ0v) is 14.7. The van der Waals surface area contributed by atoms with Crippen molar-refractivity contribution in [2.45, 2.75) is 65.2 Å². The summed E-state index contributed by atoms with van der Waals surface area (Å²) in [4.78, 5) is 0. The quantitative estimate of drug-likeness (QED) is 0.532. The summed E-state index contributed by atoms with van der Waals surface area (Å²) >= 11 is 0. The summed E-state index contributed by atoms with van der Waals surface area (Å²) in [5.41, 5.74) is 1.74. The van der Waals surface area contributed by atoms with Gasteiger partial charge in [-0.2, -0.15) is 0 Å². The SMILES string of the molecule is CCC1CCC(C2CC=C(c3cc(F)c(F)c(F)c3C)CC2)CC1. The summed E-state index contributed by atoms with van der Waals surface area (Å²) < 4.78 is 40.7. The molecule has 3 rings (SSSR count). The first-order valence-corrected chi connectivity index (χ1v) is 9.34. The highest BCUT2D eigenvalue weighted by atomic mass is 19.2. The van der Waals surface area contributed by atoms with Gasteiger partial charge in [-0.25, -0.2) is 13.2 Å². The summed E-state index contributed by atoms with van der Waals surface area (Å²) in [6, 6.07) is 1.16. The topological polar surface area (TPSA) is 0 Å². The number of hydrogen-bond donors (Lipinski definition) is 0. The standard InChI is InChI=1S/C21H27F3/c1-3-14-4-6-15(7-5-14)16-8-10-17(11-9-16)18-12-19(22)21(24)20(23)13(18)2/h10,12,14-16H,3-9,11H2,1-2H3. The molecule has 1 aromatic rings. The van der Waals surface area contributed by atoms with Crippen LogP contribution in [0.5, 0.6) is 0 Å². The molecule has 0 saturated heterocycles. The first kappa shape index (κ1) is 17.6. The van der Waals surface area contributed by atoms with E-state index in [2.05, 4.69) is 13.0 Å². The second kappa shape index (κ2) is 7.33. The molecule has 1 atom stereocenters. The van der Waals surface area contributed by atoms with Crippen LogP contribution in [-0.4, -0.2) is 0 Å². The summed E-state index contributed by atoms with van der Waals surface area (Å²) in [5.74, 6) is -1.10. The minimum Gasteiger partial charge on any atom is -0.204 e. The third-order valence-corrected chi connectivity index (χ3v) is 6.34. The van der Waals surface area contributed by atoms with Gasteiger partial charge in [0.2, 0.25) is 0 Å². The van der Waals surface area contributed by atoms with Gasteiger partial charge in [0.15, 0.2) is 17.5 Å². The molecule has 0 bridgehead atoms. The van der Waals surface area contributed by atoms with E-state index in [1.165, 1.54) is 39.0 Å². The maximum atomic E-state index is 13.8. The Morgan fingerprint density at radius 2 is 1.67 bits per heavy atom. The fraction of sp³-hybridized carbons (Fsp3) is 0.619. The van der Waals surface area contributed by atoms with Crippen molar-refractivity contribution in [3.05, 3.63) is 40.7 Å². The van der Waals surface area contributed by atoms with Gasteiger partial charge in [-0.15, -0.1) is 0 Å². The van der Waals surface area contributed by atoms with E-state index in [9.17, 15) is 13.2 Å². The Morgan fingerprint density at radius 1 is 0.958 bits per heavy atom. The van der Waals surface area contributed by atoms with Crippen LogP contribution >= 0.6 is 0 Å². The lowest BCUT2D eigenvalue weighted by atomic mass is 9.70. The molecule has 1 aromatic carbocycles. The maximum absolute atomic E-state index is 13.8. The van der Waals surface area contributed by atoms with Crippen LogP contribution in [0.25, 0.3) is 5.57 Å². The molecule has 0 amide bonds. The van der Waals surface area contributed by atoms with Crippen molar-refractivity contribution in [2.24, 2.45) is 17.8 Å². The first-order valence-electron chi connectivity index (χ1n) is 9.34. The van der Waals surface area contributed by atoms with Gasteiger partial charge in [-0.3, -0.25) is 0 Å². The van der Waals surface area contributed by atoms with Crippen LogP contribution in [0.3, 0.4) is 0 Å². The molecule has 2 aliphatic carbocycles. The summed E-state index contributed by atoms with van der Waals surface area (Å²) in [6.45, 7) is 3.82. The lowest BCUT2D eigenvalue weighted by Gasteiger charge is -2.35. The Labute approximate surface area is 143 Å². The Morgan fingerprint density at radius 3 is 2.25 bits per heavy atom. The van der Waals surface area contributed by atoms with Gasteiger partial charge in [-0.05, 0) is 79.5 Å². The third kappa shape index (κ3) is 3.41. The van der Waals surface area contributed by atoms with Crippen LogP contribution in [0.2, 0.25) is 0 Å². The Balaban J connectivity index is 1.70. The Kier molecular flexibility index (Phi) is 5.36. The van der Waals surface area contributed by atoms with Crippen molar-refractivity contribution in [3.8, 4) is 0 Å². The molecule has 0 N–H and O–H groups in total. The zero-order chi connectivity index (χ0) is 17.3. The minimum atomic E-state index is -1.36. The van der Waals surface area contributed by atoms with Crippen LogP contribution in [0, 0.1) is 42.1 Å². The molecule has 24 heavy (non-hydrogen) atoms. The van der Waals surface area contributed by atoms with E-state index in [0.717, 1.165) is 42.7 Å². The zero-order valence-electron chi connectivity index (χ0n) is 14.7. The normalized spacial score (nSPS) is 27.9. The Hall–Kier alpha value is -1.25. The fourth-order valence-electron chi connectivity index (χ4n) is 4.61. The number of rotatable bonds is 3. The van der Waals surface area contributed by atoms with E-state index in [1.807, 2.05) is 0 Å². The molecule has 0 heterocycles. The van der Waals surface area contributed by atoms with E-state index in [0.29, 0.717) is 11.5 Å². The smallest absolute Gasteiger partial charge is 0.194 e. The highest BCUT2D eigenvalue weighted by Crippen LogP contribution is 2.42. The molecule has 1 fully saturated rings. The molecular formula is C21H27F3. The van der Waals surface area contributed by atoms with Crippen LogP contribution in [0.4, 0.5) is 13.2 Å². The largest absolute Gasteiger partial charge is 0.204 e. The molecule has 132 valence electrons. The van der Waals surface area contributed by atoms with Gasteiger partial charge in [0, 0.05) is 0 Å². The molecule has 1 unspecified atom stereocenters. The van der Waals surface area contributed by atoms with Crippen molar-refractivity contribution in [2.75, 3.05) is 0 Å². The van der Waals surface area contributed by atoms with Gasteiger partial charge in [0.1, 0.15) is 0 Å². The fourth-order valence-corrected chi connectivity index (χ4v) is 4.61. The minimum absolute atomic E-state index is 0.224. The average Bonchev–Trinajstić information content (AvgIpc) is 2.63. The van der Waals surface area contributed by atoms with Crippen molar-refractivity contribution < 1.29 is 13.2 Å². The van der Waals surface area contributed by atoms with Gasteiger partial charge in [0.05, 0.1) is 0 Å². The molecule has 0 radical (unpaired) electrons. The lowest BCUT2D eigenvalue weighted by Crippen LogP contribution is -2.23. The monoisotopic (exact) mass is 336 g/mol. The average molecular weight is 336 g/mol. The highest BCUT2D eigenvalue weighted by molar-refractivity contribution is 5.69. The summed E-state index contributed by atoms with van der Waals surface area (Å²) in [7, 11) is 0. The van der Waals surface area contributed by atoms with Gasteiger partial charge >= 0.3 is 0 Å². The van der Waals surface area contributed by atoms with E-state index in [1.54, 1.807) is 0 Å². The number of allylic oxidation sites excluding steroid dienone is 2. The van der Waals surface area contributed by atoms with E-state index >= 15 is 0 Å². The van der Waals surface area contributed by atoms with Crippen LogP contribution in [-0.2, 0) is 0 Å². The van der Waals surface area contributed by atoms with Gasteiger partial charge in [-0.1, -0.05) is 32.3 Å². The second-order valence-corrected chi connectivity index (χ2v) is 7.61. The molecule has 0 aliphatic heterocycles. The van der Waals surface area contributed by atoms with E-state index < -0.39 is 17.5 Å². The number of hydrogen-bond acceptors (Lipinski definition) is 0. The van der Waals surface area contributed by atoms with E-state index in [4.69, 9.17) is 0 Å². The van der Waals surface area contributed by atoms with Gasteiger partial charge in [0.25, 0.3) is 0 Å². The summed E-state index contributed by atoms with van der Waals surface area (Å²) in [5, 5.41) is 0. The number of benzene rings is 1. The molecule has 0 spiro atoms. The summed E-state index contributed by atoms with van der Waals surface area (Å²) in [6.07, 6.45) is 11.7. The molecule has 2 aliphatic rings. The predicted molar refractivity (Wildman–Crippen MR) is 92.1 cm³/mol. The van der Waals surface area contributed by atoms with Crippen molar-refractivity contribution in [3.63, 3.8) is 0 Å². The van der Waals surface area contributed by atoms with Gasteiger partial charge < -0.3 is 0 Å².